The second-order valence-corrected chi connectivity index (χ2v) is 4.16. The van der Waals surface area contributed by atoms with Crippen molar-refractivity contribution < 1.29 is 14.0 Å². The van der Waals surface area contributed by atoms with Crippen molar-refractivity contribution in [1.82, 2.24) is 15.4 Å². The van der Waals surface area contributed by atoms with Gasteiger partial charge < -0.3 is 5.32 Å². The Hall–Kier alpha value is -2.74. The molecule has 0 bridgehead atoms. The SMILES string of the molecule is O=C(NNc1cnccn1)C(=O)Nc1ccc(F)cc1Cl. The van der Waals surface area contributed by atoms with Gasteiger partial charge in [-0.3, -0.25) is 25.4 Å². The first-order chi connectivity index (χ1) is 10.1. The van der Waals surface area contributed by atoms with Crippen molar-refractivity contribution in [2.75, 3.05) is 10.7 Å². The molecule has 0 saturated carbocycles. The molecule has 3 N–H and O–H groups in total. The average Bonchev–Trinajstić information content (AvgIpc) is 2.48. The molecule has 0 atom stereocenters. The van der Waals surface area contributed by atoms with Gasteiger partial charge in [0.2, 0.25) is 0 Å². The van der Waals surface area contributed by atoms with E-state index in [0.717, 1.165) is 12.1 Å². The van der Waals surface area contributed by atoms with Gasteiger partial charge in [-0.2, -0.15) is 0 Å². The number of nitrogens with one attached hydrogen (secondary N) is 3. The predicted molar refractivity (Wildman–Crippen MR) is 73.8 cm³/mol. The number of nitrogens with zero attached hydrogens (tertiary/aromatic N) is 2. The molecular weight excluding hydrogens is 301 g/mol. The molecule has 2 rings (SSSR count). The van der Waals surface area contributed by atoms with Crippen molar-refractivity contribution in [3.05, 3.63) is 47.6 Å². The smallest absolute Gasteiger partial charge is 0.316 e. The number of rotatable bonds is 3. The first kappa shape index (κ1) is 14.7. The molecule has 9 heteroatoms. The summed E-state index contributed by atoms with van der Waals surface area (Å²) in [4.78, 5) is 30.8. The first-order valence-corrected chi connectivity index (χ1v) is 6.02. The summed E-state index contributed by atoms with van der Waals surface area (Å²) < 4.78 is 12.9. The molecule has 1 heterocycles. The van der Waals surface area contributed by atoms with Gasteiger partial charge in [0.05, 0.1) is 16.9 Å². The summed E-state index contributed by atoms with van der Waals surface area (Å²) in [5.74, 6) is -2.23. The molecule has 2 amide bonds. The molecule has 0 fully saturated rings. The van der Waals surface area contributed by atoms with Gasteiger partial charge in [0.1, 0.15) is 5.82 Å². The van der Waals surface area contributed by atoms with Crippen LogP contribution in [0.25, 0.3) is 0 Å². The van der Waals surface area contributed by atoms with E-state index >= 15 is 0 Å². The highest BCUT2D eigenvalue weighted by atomic mass is 35.5. The van der Waals surface area contributed by atoms with Crippen LogP contribution in [0.1, 0.15) is 0 Å². The number of carbonyl (C=O) groups excluding carboxylic acids is 2. The summed E-state index contributed by atoms with van der Waals surface area (Å²) in [7, 11) is 0. The molecule has 108 valence electrons. The number of halogens is 2. The molecule has 1 aromatic heterocycles. The molecule has 7 nitrogen and oxygen atoms in total. The monoisotopic (exact) mass is 309 g/mol. The van der Waals surface area contributed by atoms with Crippen LogP contribution in [0.4, 0.5) is 15.9 Å². The zero-order chi connectivity index (χ0) is 15.2. The molecule has 0 aliphatic heterocycles. The van der Waals surface area contributed by atoms with Crippen molar-refractivity contribution in [1.29, 1.82) is 0 Å². The Bertz CT molecular complexity index is 668. The van der Waals surface area contributed by atoms with Crippen LogP contribution >= 0.6 is 11.6 Å². The van der Waals surface area contributed by atoms with Crippen LogP contribution in [0.3, 0.4) is 0 Å². The maximum atomic E-state index is 12.9. The number of hydrogen-bond donors (Lipinski definition) is 3. The lowest BCUT2D eigenvalue weighted by Gasteiger charge is -2.08. The minimum absolute atomic E-state index is 0.0157. The zero-order valence-electron chi connectivity index (χ0n) is 10.4. The molecule has 0 radical (unpaired) electrons. The third-order valence-corrected chi connectivity index (χ3v) is 2.57. The summed E-state index contributed by atoms with van der Waals surface area (Å²) in [6, 6.07) is 3.38. The van der Waals surface area contributed by atoms with E-state index < -0.39 is 17.6 Å². The predicted octanol–water partition coefficient (Wildman–Crippen LogP) is 1.35. The highest BCUT2D eigenvalue weighted by Gasteiger charge is 2.15. The Labute approximate surface area is 123 Å². The van der Waals surface area contributed by atoms with Crippen LogP contribution in [0, 0.1) is 5.82 Å². The highest BCUT2D eigenvalue weighted by molar-refractivity contribution is 6.41. The Balaban J connectivity index is 1.92. The van der Waals surface area contributed by atoms with E-state index in [1.807, 2.05) is 0 Å². The van der Waals surface area contributed by atoms with Gasteiger partial charge in [0, 0.05) is 12.4 Å². The molecule has 0 saturated heterocycles. The summed E-state index contributed by atoms with van der Waals surface area (Å²) in [6.45, 7) is 0. The number of hydrazine groups is 1. The molecule has 1 aromatic carbocycles. The van der Waals surface area contributed by atoms with E-state index in [2.05, 4.69) is 26.1 Å². The van der Waals surface area contributed by atoms with Gasteiger partial charge in [0.25, 0.3) is 0 Å². The van der Waals surface area contributed by atoms with Gasteiger partial charge >= 0.3 is 11.8 Å². The van der Waals surface area contributed by atoms with E-state index in [9.17, 15) is 14.0 Å². The fraction of sp³-hybridized carbons (Fsp3) is 0. The van der Waals surface area contributed by atoms with Gasteiger partial charge in [0.15, 0.2) is 5.82 Å². The highest BCUT2D eigenvalue weighted by Crippen LogP contribution is 2.22. The van der Waals surface area contributed by atoms with Crippen LogP contribution in [-0.4, -0.2) is 21.8 Å². The summed E-state index contributed by atoms with van der Waals surface area (Å²) in [5.41, 5.74) is 4.66. The second-order valence-electron chi connectivity index (χ2n) is 3.75. The maximum absolute atomic E-state index is 12.9. The number of carbonyl (C=O) groups is 2. The Morgan fingerprint density at radius 1 is 1.19 bits per heavy atom. The Morgan fingerprint density at radius 3 is 2.67 bits per heavy atom. The van der Waals surface area contributed by atoms with E-state index in [1.54, 1.807) is 0 Å². The second kappa shape index (κ2) is 6.62. The van der Waals surface area contributed by atoms with Crippen molar-refractivity contribution in [2.45, 2.75) is 0 Å². The molecule has 21 heavy (non-hydrogen) atoms. The zero-order valence-corrected chi connectivity index (χ0v) is 11.2. The summed E-state index contributed by atoms with van der Waals surface area (Å²) in [6.07, 6.45) is 4.22. The van der Waals surface area contributed by atoms with E-state index in [1.165, 1.54) is 24.7 Å². The van der Waals surface area contributed by atoms with Crippen molar-refractivity contribution in [3.8, 4) is 0 Å². The van der Waals surface area contributed by atoms with Crippen LogP contribution in [0.5, 0.6) is 0 Å². The lowest BCUT2D eigenvalue weighted by molar-refractivity contribution is -0.135. The van der Waals surface area contributed by atoms with Gasteiger partial charge in [-0.05, 0) is 18.2 Å². The standard InChI is InChI=1S/C12H9ClFN5O2/c13-8-5-7(14)1-2-9(8)17-11(20)12(21)19-18-10-6-15-3-4-16-10/h1-6H,(H,16,18)(H,17,20)(H,19,21). The largest absolute Gasteiger partial charge is 0.328 e. The summed E-state index contributed by atoms with van der Waals surface area (Å²) in [5, 5.41) is 2.23. The fourth-order valence-electron chi connectivity index (χ4n) is 1.31. The minimum atomic E-state index is -0.972. The average molecular weight is 310 g/mol. The van der Waals surface area contributed by atoms with Gasteiger partial charge in [-0.1, -0.05) is 11.6 Å². The lowest BCUT2D eigenvalue weighted by Crippen LogP contribution is -2.39. The summed E-state index contributed by atoms with van der Waals surface area (Å²) >= 11 is 5.73. The molecule has 2 aromatic rings. The first-order valence-electron chi connectivity index (χ1n) is 5.64. The van der Waals surface area contributed by atoms with Crippen LogP contribution in [0.15, 0.2) is 36.8 Å². The van der Waals surface area contributed by atoms with Crippen LogP contribution in [0.2, 0.25) is 5.02 Å². The molecule has 0 unspecified atom stereocenters. The molecule has 0 aliphatic carbocycles. The minimum Gasteiger partial charge on any atom is -0.316 e. The van der Waals surface area contributed by atoms with E-state index in [4.69, 9.17) is 11.6 Å². The Morgan fingerprint density at radius 2 is 2.00 bits per heavy atom. The van der Waals surface area contributed by atoms with Crippen molar-refractivity contribution in [3.63, 3.8) is 0 Å². The lowest BCUT2D eigenvalue weighted by atomic mass is 10.3. The molecule has 0 spiro atoms. The van der Waals surface area contributed by atoms with Crippen LogP contribution < -0.4 is 16.2 Å². The molecular formula is C12H9ClFN5O2. The normalized spacial score (nSPS) is 9.81. The quantitative estimate of drug-likeness (QED) is 0.587. The number of anilines is 2. The van der Waals surface area contributed by atoms with Crippen molar-refractivity contribution >= 4 is 34.9 Å². The van der Waals surface area contributed by atoms with Gasteiger partial charge in [-0.25, -0.2) is 9.37 Å². The topological polar surface area (TPSA) is 96.0 Å². The molecule has 0 aliphatic rings. The van der Waals surface area contributed by atoms with Crippen molar-refractivity contribution in [2.24, 2.45) is 0 Å². The Kier molecular flexibility index (Phi) is 4.62. The third kappa shape index (κ3) is 4.11. The van der Waals surface area contributed by atoms with Gasteiger partial charge in [-0.15, -0.1) is 0 Å². The van der Waals surface area contributed by atoms with E-state index in [-0.39, 0.29) is 16.5 Å². The van der Waals surface area contributed by atoms with E-state index in [0.29, 0.717) is 0 Å². The number of benzene rings is 1. The maximum Gasteiger partial charge on any atom is 0.328 e. The number of hydrogen-bond acceptors (Lipinski definition) is 5. The fourth-order valence-corrected chi connectivity index (χ4v) is 1.53. The number of aromatic nitrogens is 2. The number of amides is 2. The third-order valence-electron chi connectivity index (χ3n) is 2.25. The van der Waals surface area contributed by atoms with Crippen LogP contribution in [-0.2, 0) is 9.59 Å².